The van der Waals surface area contributed by atoms with Gasteiger partial charge in [0.05, 0.1) is 21.1 Å². The summed E-state index contributed by atoms with van der Waals surface area (Å²) in [4.78, 5) is 12.9. The van der Waals surface area contributed by atoms with E-state index < -0.39 is 11.6 Å². The van der Waals surface area contributed by atoms with Crippen molar-refractivity contribution in [2.24, 2.45) is 11.8 Å². The number of aliphatic hydroxyl groups is 1. The molecule has 130 valence electrons. The lowest BCUT2D eigenvalue weighted by molar-refractivity contribution is -0.870. The zero-order chi connectivity index (χ0) is 17.4. The first kappa shape index (κ1) is 17.2. The topological polar surface area (TPSA) is 46.5 Å². The molecule has 2 aliphatic rings. The van der Waals surface area contributed by atoms with E-state index in [1.165, 1.54) is 0 Å². The number of benzene rings is 1. The average molecular weight is 330 g/mol. The Labute approximate surface area is 144 Å². The van der Waals surface area contributed by atoms with Gasteiger partial charge in [-0.3, -0.25) is 0 Å². The van der Waals surface area contributed by atoms with E-state index in [0.717, 1.165) is 24.8 Å². The molecule has 3 atom stereocenters. The lowest BCUT2D eigenvalue weighted by Gasteiger charge is -2.32. The van der Waals surface area contributed by atoms with Crippen LogP contribution in [0.25, 0.3) is 0 Å². The Hall–Kier alpha value is -1.65. The maximum absolute atomic E-state index is 12.9. The van der Waals surface area contributed by atoms with Crippen molar-refractivity contribution in [2.75, 3.05) is 34.3 Å². The molecule has 0 radical (unpaired) electrons. The van der Waals surface area contributed by atoms with Gasteiger partial charge in [-0.15, -0.1) is 0 Å². The van der Waals surface area contributed by atoms with E-state index in [9.17, 15) is 9.90 Å². The number of nitrogens with zero attached hydrogens (tertiary/aromatic N) is 1. The molecule has 0 aliphatic heterocycles. The first-order valence-electron chi connectivity index (χ1n) is 8.78. The molecule has 4 heteroatoms. The Morgan fingerprint density at radius 3 is 2.50 bits per heavy atom. The highest BCUT2D eigenvalue weighted by atomic mass is 16.5. The molecule has 0 saturated heterocycles. The van der Waals surface area contributed by atoms with Crippen LogP contribution in [-0.4, -0.2) is 49.9 Å². The van der Waals surface area contributed by atoms with Crippen LogP contribution in [0.3, 0.4) is 0 Å². The number of carbonyl (C=O) groups excluding carboxylic acids is 1. The minimum Gasteiger partial charge on any atom is -0.457 e. The van der Waals surface area contributed by atoms with Gasteiger partial charge in [0.2, 0.25) is 5.60 Å². The van der Waals surface area contributed by atoms with Gasteiger partial charge in [-0.2, -0.15) is 0 Å². The Bertz CT molecular complexity index is 632. The number of carbonyl (C=O) groups is 1. The predicted molar refractivity (Wildman–Crippen MR) is 93.1 cm³/mol. The van der Waals surface area contributed by atoms with Gasteiger partial charge < -0.3 is 14.3 Å². The molecule has 3 rings (SSSR count). The molecule has 1 N–H and O–H groups in total. The Morgan fingerprint density at radius 1 is 1.25 bits per heavy atom. The Kier molecular flexibility index (Phi) is 4.54. The Morgan fingerprint density at radius 2 is 1.96 bits per heavy atom. The third kappa shape index (κ3) is 3.26. The summed E-state index contributed by atoms with van der Waals surface area (Å²) in [5, 5.41) is 11.5. The largest absolute Gasteiger partial charge is 0.457 e. The molecule has 1 fully saturated rings. The van der Waals surface area contributed by atoms with Gasteiger partial charge in [-0.1, -0.05) is 36.4 Å². The van der Waals surface area contributed by atoms with E-state index in [4.69, 9.17) is 4.74 Å². The van der Waals surface area contributed by atoms with Crippen LogP contribution in [-0.2, 0) is 15.1 Å². The molecule has 1 saturated carbocycles. The SMILES string of the molecule is C[N+](C)(C)CCOC(=O)C(O)(C1=CC2CCC1C2)c1ccccc1. The molecule has 1 aromatic rings. The molecule has 3 unspecified atom stereocenters. The average Bonchev–Trinajstić information content (AvgIpc) is 3.17. The molecule has 0 aromatic heterocycles. The van der Waals surface area contributed by atoms with Gasteiger partial charge >= 0.3 is 5.97 Å². The zero-order valence-electron chi connectivity index (χ0n) is 14.9. The highest BCUT2D eigenvalue weighted by molar-refractivity contribution is 5.85. The van der Waals surface area contributed by atoms with Crippen molar-refractivity contribution in [1.29, 1.82) is 0 Å². The van der Waals surface area contributed by atoms with Crippen molar-refractivity contribution in [2.45, 2.75) is 24.9 Å². The summed E-state index contributed by atoms with van der Waals surface area (Å²) in [6.45, 7) is 1.01. The predicted octanol–water partition coefficient (Wildman–Crippen LogP) is 2.48. The van der Waals surface area contributed by atoms with E-state index >= 15 is 0 Å². The second kappa shape index (κ2) is 6.34. The third-order valence-electron chi connectivity index (χ3n) is 5.23. The van der Waals surface area contributed by atoms with E-state index in [1.807, 2.05) is 30.3 Å². The summed E-state index contributed by atoms with van der Waals surface area (Å²) in [6, 6.07) is 9.23. The quantitative estimate of drug-likeness (QED) is 0.495. The number of hydrogen-bond acceptors (Lipinski definition) is 3. The fourth-order valence-electron chi connectivity index (χ4n) is 3.85. The summed E-state index contributed by atoms with van der Waals surface area (Å²) >= 11 is 0. The molecular formula is C20H28NO3+. The van der Waals surface area contributed by atoms with E-state index in [2.05, 4.69) is 27.2 Å². The standard InChI is InChI=1S/C20H28NO3/c1-21(2,3)11-12-24-19(22)20(23,17-7-5-4-6-8-17)18-14-15-9-10-16(18)13-15/h4-8,14-16,23H,9-13H2,1-3H3/q+1. The molecular weight excluding hydrogens is 302 g/mol. The first-order chi connectivity index (χ1) is 11.3. The van der Waals surface area contributed by atoms with Crippen LogP contribution >= 0.6 is 0 Å². The van der Waals surface area contributed by atoms with E-state index in [1.54, 1.807) is 0 Å². The van der Waals surface area contributed by atoms with Crippen LogP contribution in [0.4, 0.5) is 0 Å². The van der Waals surface area contributed by atoms with Crippen LogP contribution in [0.5, 0.6) is 0 Å². The van der Waals surface area contributed by atoms with Crippen molar-refractivity contribution in [3.8, 4) is 0 Å². The number of allylic oxidation sites excluding steroid dienone is 1. The summed E-state index contributed by atoms with van der Waals surface area (Å²) in [6.07, 6.45) is 5.38. The van der Waals surface area contributed by atoms with Crippen LogP contribution in [0, 0.1) is 11.8 Å². The number of hydrogen-bond donors (Lipinski definition) is 1. The molecule has 2 bridgehead atoms. The number of quaternary nitrogens is 1. The van der Waals surface area contributed by atoms with Gasteiger partial charge in [0.15, 0.2) is 0 Å². The minimum atomic E-state index is -1.65. The second-order valence-corrected chi connectivity index (χ2v) is 8.12. The van der Waals surface area contributed by atoms with E-state index in [-0.39, 0.29) is 0 Å². The number of esters is 1. The van der Waals surface area contributed by atoms with Gasteiger partial charge in [-0.25, -0.2) is 4.79 Å². The van der Waals surface area contributed by atoms with Gasteiger partial charge in [0, 0.05) is 0 Å². The van der Waals surface area contributed by atoms with Crippen molar-refractivity contribution in [1.82, 2.24) is 0 Å². The molecule has 0 heterocycles. The van der Waals surface area contributed by atoms with Crippen molar-refractivity contribution >= 4 is 5.97 Å². The van der Waals surface area contributed by atoms with Crippen molar-refractivity contribution in [3.05, 3.63) is 47.5 Å². The minimum absolute atomic E-state index is 0.297. The normalized spacial score (nSPS) is 25.2. The zero-order valence-corrected chi connectivity index (χ0v) is 14.9. The smallest absolute Gasteiger partial charge is 0.347 e. The number of rotatable bonds is 6. The van der Waals surface area contributed by atoms with Crippen molar-refractivity contribution in [3.63, 3.8) is 0 Å². The summed E-state index contributed by atoms with van der Waals surface area (Å²) in [7, 11) is 6.15. The molecule has 2 aliphatic carbocycles. The molecule has 4 nitrogen and oxygen atoms in total. The molecule has 1 aromatic carbocycles. The molecule has 24 heavy (non-hydrogen) atoms. The summed E-state index contributed by atoms with van der Waals surface area (Å²) < 4.78 is 6.23. The van der Waals surface area contributed by atoms with Crippen LogP contribution in [0.15, 0.2) is 42.0 Å². The van der Waals surface area contributed by atoms with Crippen LogP contribution < -0.4 is 0 Å². The highest BCUT2D eigenvalue weighted by Crippen LogP contribution is 2.50. The van der Waals surface area contributed by atoms with Gasteiger partial charge in [0.25, 0.3) is 0 Å². The fraction of sp³-hybridized carbons (Fsp3) is 0.550. The summed E-state index contributed by atoms with van der Waals surface area (Å²) in [5.74, 6) is 0.256. The lowest BCUT2D eigenvalue weighted by Crippen LogP contribution is -2.43. The highest BCUT2D eigenvalue weighted by Gasteiger charge is 2.50. The number of ether oxygens (including phenoxy) is 1. The van der Waals surface area contributed by atoms with Gasteiger partial charge in [-0.05, 0) is 42.2 Å². The number of likely N-dealkylation sites (N-methyl/N-ethyl adjacent to an activating group) is 1. The third-order valence-corrected chi connectivity index (χ3v) is 5.23. The fourth-order valence-corrected chi connectivity index (χ4v) is 3.85. The second-order valence-electron chi connectivity index (χ2n) is 8.12. The number of fused-ring (bicyclic) bond motifs is 2. The maximum Gasteiger partial charge on any atom is 0.347 e. The first-order valence-corrected chi connectivity index (χ1v) is 8.78. The van der Waals surface area contributed by atoms with Crippen LogP contribution in [0.1, 0.15) is 24.8 Å². The van der Waals surface area contributed by atoms with Gasteiger partial charge in [0.1, 0.15) is 13.2 Å². The van der Waals surface area contributed by atoms with Crippen LogP contribution in [0.2, 0.25) is 0 Å². The molecule has 0 spiro atoms. The van der Waals surface area contributed by atoms with Crippen molar-refractivity contribution < 1.29 is 19.1 Å². The monoisotopic (exact) mass is 330 g/mol. The lowest BCUT2D eigenvalue weighted by atomic mass is 9.79. The maximum atomic E-state index is 12.9. The summed E-state index contributed by atoms with van der Waals surface area (Å²) in [5.41, 5.74) is -0.189. The van der Waals surface area contributed by atoms with E-state index in [0.29, 0.717) is 35.0 Å². The Balaban J connectivity index is 1.86. The molecule has 0 amide bonds.